The topological polar surface area (TPSA) is 97.2 Å². The highest BCUT2D eigenvalue weighted by molar-refractivity contribution is 5.92. The van der Waals surface area contributed by atoms with E-state index < -0.39 is 0 Å². The van der Waals surface area contributed by atoms with E-state index in [1.165, 1.54) is 25.3 Å². The molecular formula is C10H15N3O3. The number of hydrogen-bond acceptors (Lipinski definition) is 4. The van der Waals surface area contributed by atoms with Crippen LogP contribution in [0.2, 0.25) is 0 Å². The van der Waals surface area contributed by atoms with Crippen LogP contribution in [0.1, 0.15) is 10.5 Å². The zero-order chi connectivity index (χ0) is 12.0. The fourth-order valence-electron chi connectivity index (χ4n) is 1.21. The molecule has 1 atom stereocenters. The molecule has 6 heteroatoms. The first kappa shape index (κ1) is 12.4. The second-order valence-corrected chi connectivity index (χ2v) is 3.29. The summed E-state index contributed by atoms with van der Waals surface area (Å²) < 4.78 is 4.89. The molecule has 0 fully saturated rings. The molecule has 0 aromatic carbocycles. The van der Waals surface area contributed by atoms with E-state index in [1.54, 1.807) is 0 Å². The van der Waals surface area contributed by atoms with Crippen LogP contribution in [-0.4, -0.2) is 37.2 Å². The summed E-state index contributed by atoms with van der Waals surface area (Å²) in [6.45, 7) is 0.607. The number of carbonyl (C=O) groups is 1. The molecule has 16 heavy (non-hydrogen) atoms. The fourth-order valence-corrected chi connectivity index (χ4v) is 1.21. The summed E-state index contributed by atoms with van der Waals surface area (Å²) in [6.07, 6.45) is 0. The lowest BCUT2D eigenvalue weighted by atomic mass is 10.2. The highest BCUT2D eigenvalue weighted by Gasteiger charge is 2.12. The van der Waals surface area contributed by atoms with Gasteiger partial charge in [-0.3, -0.25) is 9.59 Å². The molecule has 1 amide bonds. The normalized spacial score (nSPS) is 12.1. The van der Waals surface area contributed by atoms with Crippen LogP contribution in [0.25, 0.3) is 0 Å². The molecule has 0 aliphatic heterocycles. The Kier molecular flexibility index (Phi) is 4.68. The lowest BCUT2D eigenvalue weighted by molar-refractivity contribution is 0.0895. The van der Waals surface area contributed by atoms with Gasteiger partial charge in [-0.05, 0) is 6.07 Å². The summed E-state index contributed by atoms with van der Waals surface area (Å²) >= 11 is 0. The van der Waals surface area contributed by atoms with Crippen LogP contribution in [0.5, 0.6) is 0 Å². The molecular weight excluding hydrogens is 210 g/mol. The Hall–Kier alpha value is -1.66. The molecule has 0 aliphatic rings. The number of hydrogen-bond donors (Lipinski definition) is 3. The van der Waals surface area contributed by atoms with Crippen molar-refractivity contribution >= 4 is 5.91 Å². The van der Waals surface area contributed by atoms with Crippen molar-refractivity contribution in [3.8, 4) is 0 Å². The first-order valence-corrected chi connectivity index (χ1v) is 4.86. The molecule has 0 aliphatic carbocycles. The lowest BCUT2D eigenvalue weighted by Crippen LogP contribution is -2.43. The first-order valence-electron chi connectivity index (χ1n) is 4.86. The minimum absolute atomic E-state index is 0.210. The maximum atomic E-state index is 11.6. The highest BCUT2D eigenvalue weighted by atomic mass is 16.5. The molecule has 0 spiro atoms. The van der Waals surface area contributed by atoms with E-state index in [0.29, 0.717) is 6.61 Å². The Labute approximate surface area is 92.8 Å². The molecule has 0 radical (unpaired) electrons. The quantitative estimate of drug-likeness (QED) is 0.603. The van der Waals surface area contributed by atoms with Crippen molar-refractivity contribution in [2.45, 2.75) is 6.04 Å². The maximum absolute atomic E-state index is 11.6. The van der Waals surface area contributed by atoms with Gasteiger partial charge >= 0.3 is 0 Å². The van der Waals surface area contributed by atoms with Crippen LogP contribution in [-0.2, 0) is 4.74 Å². The zero-order valence-electron chi connectivity index (χ0n) is 9.03. The second-order valence-electron chi connectivity index (χ2n) is 3.29. The van der Waals surface area contributed by atoms with Gasteiger partial charge < -0.3 is 20.8 Å². The number of pyridine rings is 1. The molecule has 1 heterocycles. The number of amides is 1. The van der Waals surface area contributed by atoms with E-state index in [0.717, 1.165) is 0 Å². The summed E-state index contributed by atoms with van der Waals surface area (Å²) in [4.78, 5) is 25.1. The van der Waals surface area contributed by atoms with Crippen LogP contribution < -0.4 is 16.6 Å². The monoisotopic (exact) mass is 225 g/mol. The number of nitrogens with one attached hydrogen (secondary N) is 2. The average Bonchev–Trinajstić information content (AvgIpc) is 2.28. The van der Waals surface area contributed by atoms with E-state index >= 15 is 0 Å². The molecule has 4 N–H and O–H groups in total. The van der Waals surface area contributed by atoms with Gasteiger partial charge in [-0.25, -0.2) is 0 Å². The Balaban J connectivity index is 2.67. The van der Waals surface area contributed by atoms with Crippen molar-refractivity contribution < 1.29 is 9.53 Å². The highest BCUT2D eigenvalue weighted by Crippen LogP contribution is 1.92. The molecule has 0 bridgehead atoms. The van der Waals surface area contributed by atoms with Crippen molar-refractivity contribution in [3.63, 3.8) is 0 Å². The predicted molar refractivity (Wildman–Crippen MR) is 59.2 cm³/mol. The number of aromatic nitrogens is 1. The van der Waals surface area contributed by atoms with E-state index in [-0.39, 0.29) is 29.7 Å². The van der Waals surface area contributed by atoms with Gasteiger partial charge in [-0.15, -0.1) is 0 Å². The SMILES string of the molecule is COCC(CN)NC(=O)c1cccc(=O)[nH]1. The van der Waals surface area contributed by atoms with Crippen molar-refractivity contribution in [3.05, 3.63) is 34.2 Å². The Bertz CT molecular complexity index is 402. The molecule has 1 aromatic rings. The summed E-state index contributed by atoms with van der Waals surface area (Å²) in [5.41, 5.74) is 5.34. The van der Waals surface area contributed by atoms with Crippen LogP contribution in [0.3, 0.4) is 0 Å². The van der Waals surface area contributed by atoms with Gasteiger partial charge in [0.2, 0.25) is 5.56 Å². The molecule has 1 unspecified atom stereocenters. The number of H-pyrrole nitrogens is 1. The predicted octanol–water partition coefficient (Wildman–Crippen LogP) is -0.922. The molecule has 88 valence electrons. The third-order valence-electron chi connectivity index (χ3n) is 2.00. The summed E-state index contributed by atoms with van der Waals surface area (Å²) in [5.74, 6) is -0.370. The Morgan fingerprint density at radius 2 is 2.38 bits per heavy atom. The third kappa shape index (κ3) is 3.48. The van der Waals surface area contributed by atoms with E-state index in [1.807, 2.05) is 0 Å². The average molecular weight is 225 g/mol. The van der Waals surface area contributed by atoms with Crippen LogP contribution >= 0.6 is 0 Å². The van der Waals surface area contributed by atoms with E-state index in [9.17, 15) is 9.59 Å². The number of rotatable bonds is 5. The fraction of sp³-hybridized carbons (Fsp3) is 0.400. The Morgan fingerprint density at radius 3 is 2.94 bits per heavy atom. The minimum atomic E-state index is -0.370. The van der Waals surface area contributed by atoms with Crippen LogP contribution in [0.15, 0.2) is 23.0 Å². The van der Waals surface area contributed by atoms with Crippen molar-refractivity contribution in [2.75, 3.05) is 20.3 Å². The lowest BCUT2D eigenvalue weighted by Gasteiger charge is -2.15. The number of methoxy groups -OCH3 is 1. The smallest absolute Gasteiger partial charge is 0.268 e. The van der Waals surface area contributed by atoms with Crippen molar-refractivity contribution in [1.82, 2.24) is 10.3 Å². The minimum Gasteiger partial charge on any atom is -0.383 e. The van der Waals surface area contributed by atoms with Crippen molar-refractivity contribution in [1.29, 1.82) is 0 Å². The van der Waals surface area contributed by atoms with Gasteiger partial charge in [-0.1, -0.05) is 6.07 Å². The number of ether oxygens (including phenoxy) is 1. The van der Waals surface area contributed by atoms with Crippen LogP contribution in [0, 0.1) is 0 Å². The molecule has 1 rings (SSSR count). The van der Waals surface area contributed by atoms with Crippen molar-refractivity contribution in [2.24, 2.45) is 5.73 Å². The summed E-state index contributed by atoms with van der Waals surface area (Å²) in [6, 6.07) is 4.12. The Morgan fingerprint density at radius 1 is 1.62 bits per heavy atom. The molecule has 0 saturated heterocycles. The second kappa shape index (κ2) is 6.04. The summed E-state index contributed by atoms with van der Waals surface area (Å²) in [5, 5.41) is 2.65. The molecule has 1 aromatic heterocycles. The van der Waals surface area contributed by atoms with Gasteiger partial charge in [0, 0.05) is 19.7 Å². The first-order chi connectivity index (χ1) is 7.67. The standard InChI is InChI=1S/C10H15N3O3/c1-16-6-7(5-11)12-10(15)8-3-2-4-9(14)13-8/h2-4,7H,5-6,11H2,1H3,(H,12,15)(H,13,14). The zero-order valence-corrected chi connectivity index (χ0v) is 9.03. The van der Waals surface area contributed by atoms with Gasteiger partial charge in [0.05, 0.1) is 12.6 Å². The maximum Gasteiger partial charge on any atom is 0.268 e. The van der Waals surface area contributed by atoms with Gasteiger partial charge in [0.25, 0.3) is 5.91 Å². The molecule has 6 nitrogen and oxygen atoms in total. The summed E-state index contributed by atoms with van der Waals surface area (Å²) in [7, 11) is 1.53. The van der Waals surface area contributed by atoms with Crippen LogP contribution in [0.4, 0.5) is 0 Å². The number of nitrogens with two attached hydrogens (primary N) is 1. The van der Waals surface area contributed by atoms with Gasteiger partial charge in [0.1, 0.15) is 5.69 Å². The number of carbonyl (C=O) groups excluding carboxylic acids is 1. The van der Waals surface area contributed by atoms with Gasteiger partial charge in [-0.2, -0.15) is 0 Å². The molecule has 0 saturated carbocycles. The number of aromatic amines is 1. The van der Waals surface area contributed by atoms with Gasteiger partial charge in [0.15, 0.2) is 0 Å². The van der Waals surface area contributed by atoms with E-state index in [2.05, 4.69) is 10.3 Å². The third-order valence-corrected chi connectivity index (χ3v) is 2.00. The largest absolute Gasteiger partial charge is 0.383 e. The van der Waals surface area contributed by atoms with E-state index in [4.69, 9.17) is 10.5 Å².